The predicted octanol–water partition coefficient (Wildman–Crippen LogP) is 5.11. The van der Waals surface area contributed by atoms with Crippen LogP contribution in [0.3, 0.4) is 0 Å². The average Bonchev–Trinajstić information content (AvgIpc) is 3.10. The Morgan fingerprint density at radius 3 is 2.19 bits per heavy atom. The highest BCUT2D eigenvalue weighted by Gasteiger charge is 2.46. The highest BCUT2D eigenvalue weighted by molar-refractivity contribution is 6.30. The largest absolute Gasteiger partial charge is 0.497 e. The Morgan fingerprint density at radius 2 is 1.58 bits per heavy atom. The molecule has 4 rings (SSSR count). The lowest BCUT2D eigenvalue weighted by atomic mass is 10.1. The number of benzene rings is 3. The van der Waals surface area contributed by atoms with Crippen LogP contribution in [0.1, 0.15) is 18.9 Å². The standard InChI is InChI=1S/C27H26ClN3O5/c1-3-36-23-12-8-20(9-13-23)29-25(32)16-24-26(33)31(21-10-14-22(35-2)15-11-21)27(34)30(24)17-18-4-6-19(28)7-5-18/h4-15,24H,3,16-17H2,1-2H3,(H,29,32)/t24-/m0/s1. The van der Waals surface area contributed by atoms with E-state index in [-0.39, 0.29) is 18.9 Å². The van der Waals surface area contributed by atoms with Gasteiger partial charge in [-0.25, -0.2) is 9.69 Å². The van der Waals surface area contributed by atoms with Gasteiger partial charge in [-0.15, -0.1) is 0 Å². The van der Waals surface area contributed by atoms with E-state index in [1.165, 1.54) is 12.0 Å². The summed E-state index contributed by atoms with van der Waals surface area (Å²) < 4.78 is 10.6. The molecule has 0 aliphatic carbocycles. The van der Waals surface area contributed by atoms with E-state index in [1.54, 1.807) is 72.8 Å². The van der Waals surface area contributed by atoms with Gasteiger partial charge in [0.1, 0.15) is 17.5 Å². The van der Waals surface area contributed by atoms with Gasteiger partial charge in [0.2, 0.25) is 5.91 Å². The molecular weight excluding hydrogens is 482 g/mol. The normalized spacial score (nSPS) is 15.2. The first-order valence-electron chi connectivity index (χ1n) is 11.5. The molecule has 1 N–H and O–H groups in total. The van der Waals surface area contributed by atoms with Crippen molar-refractivity contribution in [2.45, 2.75) is 25.9 Å². The summed E-state index contributed by atoms with van der Waals surface area (Å²) in [6.07, 6.45) is -0.196. The van der Waals surface area contributed by atoms with E-state index in [1.807, 2.05) is 6.92 Å². The number of hydrogen-bond acceptors (Lipinski definition) is 5. The van der Waals surface area contributed by atoms with E-state index in [9.17, 15) is 14.4 Å². The Hall–Kier alpha value is -4.04. The molecule has 3 aromatic carbocycles. The number of nitrogens with zero attached hydrogens (tertiary/aromatic N) is 2. The van der Waals surface area contributed by atoms with Crippen molar-refractivity contribution >= 4 is 40.8 Å². The van der Waals surface area contributed by atoms with Gasteiger partial charge in [0.05, 0.1) is 25.8 Å². The van der Waals surface area contributed by atoms with Crippen LogP contribution in [-0.2, 0) is 16.1 Å². The summed E-state index contributed by atoms with van der Waals surface area (Å²) in [7, 11) is 1.54. The van der Waals surface area contributed by atoms with Gasteiger partial charge in [-0.1, -0.05) is 23.7 Å². The van der Waals surface area contributed by atoms with E-state index in [0.29, 0.717) is 34.5 Å². The second kappa shape index (κ2) is 11.1. The fourth-order valence-corrected chi connectivity index (χ4v) is 4.08. The first kappa shape index (κ1) is 25.1. The van der Waals surface area contributed by atoms with E-state index >= 15 is 0 Å². The Balaban J connectivity index is 1.56. The van der Waals surface area contributed by atoms with Crippen LogP contribution >= 0.6 is 11.6 Å². The van der Waals surface area contributed by atoms with Crippen molar-refractivity contribution in [1.29, 1.82) is 0 Å². The number of amides is 4. The van der Waals surface area contributed by atoms with Crippen molar-refractivity contribution in [2.75, 3.05) is 23.9 Å². The van der Waals surface area contributed by atoms with Gasteiger partial charge >= 0.3 is 6.03 Å². The zero-order chi connectivity index (χ0) is 25.7. The molecule has 0 saturated carbocycles. The number of hydrogen-bond donors (Lipinski definition) is 1. The highest BCUT2D eigenvalue weighted by atomic mass is 35.5. The maximum atomic E-state index is 13.4. The number of anilines is 2. The van der Waals surface area contributed by atoms with Gasteiger partial charge in [-0.3, -0.25) is 9.59 Å². The molecule has 3 aromatic rings. The van der Waals surface area contributed by atoms with Gasteiger partial charge in [0.25, 0.3) is 5.91 Å². The van der Waals surface area contributed by atoms with E-state index in [4.69, 9.17) is 21.1 Å². The van der Waals surface area contributed by atoms with Crippen molar-refractivity contribution in [3.63, 3.8) is 0 Å². The SMILES string of the molecule is CCOc1ccc(NC(=O)C[C@H]2C(=O)N(c3ccc(OC)cc3)C(=O)N2Cc2ccc(Cl)cc2)cc1. The number of urea groups is 1. The Bertz CT molecular complexity index is 1230. The van der Waals surface area contributed by atoms with Crippen LogP contribution in [0, 0.1) is 0 Å². The minimum Gasteiger partial charge on any atom is -0.497 e. The van der Waals surface area contributed by atoms with Gasteiger partial charge in [-0.2, -0.15) is 0 Å². The van der Waals surface area contributed by atoms with E-state index in [0.717, 1.165) is 10.5 Å². The van der Waals surface area contributed by atoms with Crippen molar-refractivity contribution in [3.05, 3.63) is 83.4 Å². The number of nitrogens with one attached hydrogen (secondary N) is 1. The zero-order valence-corrected chi connectivity index (χ0v) is 20.7. The highest BCUT2D eigenvalue weighted by Crippen LogP contribution is 2.30. The summed E-state index contributed by atoms with van der Waals surface area (Å²) >= 11 is 6.00. The molecule has 1 fully saturated rings. The number of methoxy groups -OCH3 is 1. The third kappa shape index (κ3) is 5.60. The number of imide groups is 1. The summed E-state index contributed by atoms with van der Waals surface area (Å²) in [5.41, 5.74) is 1.76. The van der Waals surface area contributed by atoms with Crippen molar-refractivity contribution in [3.8, 4) is 11.5 Å². The van der Waals surface area contributed by atoms with Crippen LogP contribution in [0.15, 0.2) is 72.8 Å². The van der Waals surface area contributed by atoms with Crippen LogP contribution in [0.4, 0.5) is 16.2 Å². The van der Waals surface area contributed by atoms with Crippen LogP contribution in [0.5, 0.6) is 11.5 Å². The molecule has 4 amide bonds. The van der Waals surface area contributed by atoms with E-state index in [2.05, 4.69) is 5.32 Å². The second-order valence-electron chi connectivity index (χ2n) is 8.13. The molecule has 8 nitrogen and oxygen atoms in total. The molecule has 36 heavy (non-hydrogen) atoms. The molecule has 1 heterocycles. The minimum absolute atomic E-state index is 0.148. The summed E-state index contributed by atoms with van der Waals surface area (Å²) in [4.78, 5) is 42.3. The molecule has 1 aliphatic rings. The van der Waals surface area contributed by atoms with Gasteiger partial charge < -0.3 is 19.7 Å². The molecule has 0 bridgehead atoms. The molecule has 0 radical (unpaired) electrons. The number of rotatable bonds is 9. The maximum absolute atomic E-state index is 13.4. The quantitative estimate of drug-likeness (QED) is 0.406. The lowest BCUT2D eigenvalue weighted by Crippen LogP contribution is -2.37. The van der Waals surface area contributed by atoms with Crippen LogP contribution < -0.4 is 19.7 Å². The lowest BCUT2D eigenvalue weighted by molar-refractivity contribution is -0.124. The number of ether oxygens (including phenoxy) is 2. The van der Waals surface area contributed by atoms with E-state index < -0.39 is 18.0 Å². The summed E-state index contributed by atoms with van der Waals surface area (Å²) in [5.74, 6) is 0.433. The van der Waals surface area contributed by atoms with Crippen molar-refractivity contribution in [1.82, 2.24) is 4.90 Å². The van der Waals surface area contributed by atoms with Crippen molar-refractivity contribution in [2.24, 2.45) is 0 Å². The van der Waals surface area contributed by atoms with Gasteiger partial charge in [-0.05, 0) is 73.2 Å². The molecule has 0 aromatic heterocycles. The molecule has 0 unspecified atom stereocenters. The maximum Gasteiger partial charge on any atom is 0.332 e. The number of carbonyl (C=O) groups excluding carboxylic acids is 3. The Kier molecular flexibility index (Phi) is 7.75. The zero-order valence-electron chi connectivity index (χ0n) is 19.9. The first-order chi connectivity index (χ1) is 17.4. The van der Waals surface area contributed by atoms with Crippen LogP contribution in [-0.4, -0.2) is 42.5 Å². The fraction of sp³-hybridized carbons (Fsp3) is 0.222. The third-order valence-corrected chi connectivity index (χ3v) is 6.00. The monoisotopic (exact) mass is 507 g/mol. The fourth-order valence-electron chi connectivity index (χ4n) is 3.96. The smallest absolute Gasteiger partial charge is 0.332 e. The van der Waals surface area contributed by atoms with Gasteiger partial charge in [0, 0.05) is 17.3 Å². The summed E-state index contributed by atoms with van der Waals surface area (Å²) in [5, 5.41) is 3.36. The number of halogens is 1. The molecule has 1 aliphatic heterocycles. The topological polar surface area (TPSA) is 88.2 Å². The van der Waals surface area contributed by atoms with Crippen molar-refractivity contribution < 1.29 is 23.9 Å². The van der Waals surface area contributed by atoms with Crippen LogP contribution in [0.2, 0.25) is 5.02 Å². The third-order valence-electron chi connectivity index (χ3n) is 5.74. The lowest BCUT2D eigenvalue weighted by Gasteiger charge is -2.22. The Labute approximate surface area is 214 Å². The summed E-state index contributed by atoms with van der Waals surface area (Å²) in [6, 6.07) is 19.1. The van der Waals surface area contributed by atoms with Gasteiger partial charge in [0.15, 0.2) is 0 Å². The minimum atomic E-state index is -0.974. The molecule has 0 spiro atoms. The molecule has 1 atom stereocenters. The summed E-state index contributed by atoms with van der Waals surface area (Å²) in [6.45, 7) is 2.58. The predicted molar refractivity (Wildman–Crippen MR) is 138 cm³/mol. The Morgan fingerprint density at radius 1 is 0.944 bits per heavy atom. The average molecular weight is 508 g/mol. The van der Waals surface area contributed by atoms with Crippen LogP contribution in [0.25, 0.3) is 0 Å². The molecule has 1 saturated heterocycles. The molecule has 186 valence electrons. The first-order valence-corrected chi connectivity index (χ1v) is 11.8. The second-order valence-corrected chi connectivity index (χ2v) is 8.57. The molecular formula is C27H26ClN3O5. The number of carbonyl (C=O) groups is 3. The molecule has 9 heteroatoms.